The molecule has 0 aliphatic carbocycles. The van der Waals surface area contributed by atoms with Crippen molar-refractivity contribution in [3.05, 3.63) is 24.5 Å². The van der Waals surface area contributed by atoms with E-state index in [1.54, 1.807) is 0 Å². The van der Waals surface area contributed by atoms with Crippen molar-refractivity contribution in [1.82, 2.24) is 24.8 Å². The molecule has 9 nitrogen and oxygen atoms in total. The third kappa shape index (κ3) is 2.87. The minimum Gasteiger partial charge on any atom is -0.377 e. The van der Waals surface area contributed by atoms with Gasteiger partial charge in [0.25, 0.3) is 0 Å². The Kier molecular flexibility index (Phi) is 3.98. The zero-order valence-electron chi connectivity index (χ0n) is 16.5. The summed E-state index contributed by atoms with van der Waals surface area (Å²) in [5.41, 5.74) is 3.69. The molecule has 3 saturated heterocycles. The van der Waals surface area contributed by atoms with Gasteiger partial charge in [-0.3, -0.25) is 5.10 Å². The van der Waals surface area contributed by atoms with Crippen LogP contribution in [0.15, 0.2) is 24.5 Å². The van der Waals surface area contributed by atoms with Gasteiger partial charge in [-0.05, 0) is 25.8 Å². The van der Waals surface area contributed by atoms with Crippen molar-refractivity contribution in [1.29, 1.82) is 0 Å². The molecule has 6 rings (SSSR count). The molecule has 0 radical (unpaired) electrons. The fourth-order valence-electron chi connectivity index (χ4n) is 4.77. The van der Waals surface area contributed by atoms with Crippen LogP contribution < -0.4 is 9.80 Å². The van der Waals surface area contributed by atoms with Gasteiger partial charge in [-0.15, -0.1) is 5.10 Å². The molecule has 0 saturated carbocycles. The van der Waals surface area contributed by atoms with Crippen molar-refractivity contribution in [3.63, 3.8) is 0 Å². The van der Waals surface area contributed by atoms with E-state index in [9.17, 15) is 0 Å². The lowest BCUT2D eigenvalue weighted by Crippen LogP contribution is -2.45. The maximum Gasteiger partial charge on any atom is 0.178 e. The van der Waals surface area contributed by atoms with Crippen molar-refractivity contribution in [3.8, 4) is 11.4 Å². The fourth-order valence-corrected chi connectivity index (χ4v) is 4.77. The smallest absolute Gasteiger partial charge is 0.178 e. The van der Waals surface area contributed by atoms with E-state index in [4.69, 9.17) is 19.6 Å². The summed E-state index contributed by atoms with van der Waals surface area (Å²) in [6.45, 7) is 6.27. The summed E-state index contributed by atoms with van der Waals surface area (Å²) >= 11 is 0. The van der Waals surface area contributed by atoms with Gasteiger partial charge in [0, 0.05) is 37.9 Å². The highest BCUT2D eigenvalue weighted by Crippen LogP contribution is 2.34. The van der Waals surface area contributed by atoms with E-state index in [0.29, 0.717) is 12.2 Å². The van der Waals surface area contributed by atoms with Gasteiger partial charge >= 0.3 is 0 Å². The second kappa shape index (κ2) is 6.70. The molecular formula is C20H25N7O2. The predicted octanol–water partition coefficient (Wildman–Crippen LogP) is 1.71. The standard InChI is InChI=1S/C20H25N7O2/c1-13-12-28-7-6-26(13)17-8-19(25-10-14-2-3-15(11-25)29-14)24-27-18(9-21-20(17)27)16-4-5-22-23-16/h4-5,8-9,13-15H,2-3,6-7,10-12H2,1H3,(H,22,23)/t13-,14?,15?/m1/s1. The summed E-state index contributed by atoms with van der Waals surface area (Å²) in [6.07, 6.45) is 6.58. The Bertz CT molecular complexity index is 1010. The first-order valence-corrected chi connectivity index (χ1v) is 10.4. The molecule has 3 atom stereocenters. The molecule has 3 aromatic rings. The molecule has 3 aromatic heterocycles. The Labute approximate surface area is 168 Å². The van der Waals surface area contributed by atoms with Crippen LogP contribution in [0.1, 0.15) is 19.8 Å². The summed E-state index contributed by atoms with van der Waals surface area (Å²) in [5.74, 6) is 0.973. The minimum atomic E-state index is 0.286. The maximum absolute atomic E-state index is 6.04. The Morgan fingerprint density at radius 1 is 1.21 bits per heavy atom. The van der Waals surface area contributed by atoms with E-state index in [-0.39, 0.29) is 6.04 Å². The summed E-state index contributed by atoms with van der Waals surface area (Å²) in [6, 6.07) is 4.43. The molecule has 3 aliphatic heterocycles. The number of aromatic amines is 1. The number of hydrogen-bond acceptors (Lipinski definition) is 7. The third-order valence-corrected chi connectivity index (χ3v) is 6.24. The molecule has 9 heteroatoms. The topological polar surface area (TPSA) is 83.8 Å². The van der Waals surface area contributed by atoms with E-state index in [0.717, 1.165) is 74.2 Å². The normalized spacial score (nSPS) is 27.1. The number of aromatic nitrogens is 5. The van der Waals surface area contributed by atoms with Crippen molar-refractivity contribution in [2.45, 2.75) is 38.0 Å². The quantitative estimate of drug-likeness (QED) is 0.723. The second-order valence-corrected chi connectivity index (χ2v) is 8.21. The van der Waals surface area contributed by atoms with Crippen molar-refractivity contribution in [2.24, 2.45) is 0 Å². The third-order valence-electron chi connectivity index (χ3n) is 6.24. The van der Waals surface area contributed by atoms with Crippen LogP contribution in [-0.2, 0) is 9.47 Å². The van der Waals surface area contributed by atoms with E-state index < -0.39 is 0 Å². The highest BCUT2D eigenvalue weighted by atomic mass is 16.5. The number of nitrogens with one attached hydrogen (secondary N) is 1. The molecule has 152 valence electrons. The number of hydrogen-bond donors (Lipinski definition) is 1. The van der Waals surface area contributed by atoms with Crippen LogP contribution in [0, 0.1) is 0 Å². The van der Waals surface area contributed by atoms with Crippen LogP contribution in [0.3, 0.4) is 0 Å². The average Bonchev–Trinajstić information content (AvgIpc) is 3.47. The summed E-state index contributed by atoms with van der Waals surface area (Å²) in [5, 5.41) is 12.2. The van der Waals surface area contributed by atoms with Crippen LogP contribution in [0.2, 0.25) is 0 Å². The molecule has 1 N–H and O–H groups in total. The molecule has 0 aromatic carbocycles. The first-order chi connectivity index (χ1) is 14.3. The van der Waals surface area contributed by atoms with Crippen molar-refractivity contribution in [2.75, 3.05) is 42.6 Å². The Morgan fingerprint density at radius 3 is 2.83 bits per heavy atom. The van der Waals surface area contributed by atoms with Gasteiger partial charge < -0.3 is 19.3 Å². The lowest BCUT2D eigenvalue weighted by molar-refractivity contribution is 0.0301. The van der Waals surface area contributed by atoms with Crippen LogP contribution in [0.25, 0.3) is 17.0 Å². The molecule has 29 heavy (non-hydrogen) atoms. The van der Waals surface area contributed by atoms with E-state index >= 15 is 0 Å². The van der Waals surface area contributed by atoms with Gasteiger partial charge in [0.15, 0.2) is 11.5 Å². The number of imidazole rings is 1. The molecule has 0 amide bonds. The largest absolute Gasteiger partial charge is 0.377 e. The highest BCUT2D eigenvalue weighted by Gasteiger charge is 2.35. The van der Waals surface area contributed by atoms with Crippen LogP contribution in [0.4, 0.5) is 11.5 Å². The Balaban J connectivity index is 1.50. The van der Waals surface area contributed by atoms with Gasteiger partial charge in [0.05, 0.1) is 37.3 Å². The van der Waals surface area contributed by atoms with Gasteiger partial charge in [0.2, 0.25) is 0 Å². The fraction of sp³-hybridized carbons (Fsp3) is 0.550. The SMILES string of the molecule is C[C@@H]1COCCN1c1cc(N2CC3CCC(C2)O3)nn2c(-c3cc[nH]n3)cnc12. The molecule has 3 fully saturated rings. The Hall–Kier alpha value is -2.65. The van der Waals surface area contributed by atoms with Gasteiger partial charge in [-0.2, -0.15) is 5.10 Å². The molecule has 2 bridgehead atoms. The minimum absolute atomic E-state index is 0.286. The predicted molar refractivity (Wildman–Crippen MR) is 108 cm³/mol. The van der Waals surface area contributed by atoms with Crippen molar-refractivity contribution >= 4 is 17.2 Å². The number of morpholine rings is 2. The lowest BCUT2D eigenvalue weighted by Gasteiger charge is -2.37. The highest BCUT2D eigenvalue weighted by molar-refractivity contribution is 5.76. The second-order valence-electron chi connectivity index (χ2n) is 8.21. The number of rotatable bonds is 3. The number of fused-ring (bicyclic) bond motifs is 3. The van der Waals surface area contributed by atoms with E-state index in [1.807, 2.05) is 23.0 Å². The monoisotopic (exact) mass is 395 g/mol. The summed E-state index contributed by atoms with van der Waals surface area (Å²) < 4.78 is 13.6. The van der Waals surface area contributed by atoms with E-state index in [2.05, 4.69) is 33.0 Å². The number of H-pyrrole nitrogens is 1. The number of ether oxygens (including phenoxy) is 2. The average molecular weight is 395 g/mol. The molecule has 0 spiro atoms. The number of anilines is 2. The first kappa shape index (κ1) is 17.2. The van der Waals surface area contributed by atoms with Crippen LogP contribution in [-0.4, -0.2) is 75.9 Å². The van der Waals surface area contributed by atoms with Crippen LogP contribution >= 0.6 is 0 Å². The molecule has 3 aliphatic rings. The lowest BCUT2D eigenvalue weighted by atomic mass is 10.2. The summed E-state index contributed by atoms with van der Waals surface area (Å²) in [4.78, 5) is 9.49. The van der Waals surface area contributed by atoms with E-state index in [1.165, 1.54) is 0 Å². The molecule has 6 heterocycles. The molecule has 2 unspecified atom stereocenters. The zero-order valence-corrected chi connectivity index (χ0v) is 16.5. The van der Waals surface area contributed by atoms with Crippen LogP contribution in [0.5, 0.6) is 0 Å². The van der Waals surface area contributed by atoms with Gasteiger partial charge in [0.1, 0.15) is 11.4 Å². The first-order valence-electron chi connectivity index (χ1n) is 10.4. The summed E-state index contributed by atoms with van der Waals surface area (Å²) in [7, 11) is 0. The zero-order chi connectivity index (χ0) is 19.4. The molecular weight excluding hydrogens is 370 g/mol. The van der Waals surface area contributed by atoms with Gasteiger partial charge in [-0.1, -0.05) is 0 Å². The number of nitrogens with zero attached hydrogens (tertiary/aromatic N) is 6. The maximum atomic E-state index is 6.04. The van der Waals surface area contributed by atoms with Gasteiger partial charge in [-0.25, -0.2) is 9.50 Å². The Morgan fingerprint density at radius 2 is 2.07 bits per heavy atom. The van der Waals surface area contributed by atoms with Crippen molar-refractivity contribution < 1.29 is 9.47 Å².